The molecule has 0 amide bonds. The molecule has 11 heteroatoms. The van der Waals surface area contributed by atoms with Gasteiger partial charge >= 0.3 is 6.18 Å². The highest BCUT2D eigenvalue weighted by Crippen LogP contribution is 2.34. The number of alkyl halides is 3. The number of thioether (sulfide) groups is 1. The molecule has 0 radical (unpaired) electrons. The van der Waals surface area contributed by atoms with E-state index in [1.807, 2.05) is 17.8 Å². The third-order valence-electron chi connectivity index (χ3n) is 5.79. The van der Waals surface area contributed by atoms with E-state index in [0.717, 1.165) is 41.0 Å². The Morgan fingerprint density at radius 1 is 1.06 bits per heavy atom. The van der Waals surface area contributed by atoms with Gasteiger partial charge in [0.1, 0.15) is 28.8 Å². The molecule has 0 atom stereocenters. The van der Waals surface area contributed by atoms with E-state index >= 15 is 0 Å². The number of nitrogens with one attached hydrogen (secondary N) is 1. The van der Waals surface area contributed by atoms with Crippen LogP contribution in [0.25, 0.3) is 16.7 Å². The lowest BCUT2D eigenvalue weighted by Crippen LogP contribution is -2.33. The van der Waals surface area contributed by atoms with Gasteiger partial charge in [0, 0.05) is 47.9 Å². The monoisotopic (exact) mass is 508 g/mol. The van der Waals surface area contributed by atoms with Crippen LogP contribution in [0.1, 0.15) is 11.3 Å². The number of pyridine rings is 3. The number of hydrogen-bond donors (Lipinski definition) is 1. The Bertz CT molecular complexity index is 1530. The molecule has 4 aromatic rings. The first-order valence-electron chi connectivity index (χ1n) is 11.0. The maximum Gasteiger partial charge on any atom is 0.433 e. The van der Waals surface area contributed by atoms with Crippen LogP contribution in [0.5, 0.6) is 0 Å². The minimum absolute atomic E-state index is 0.0947. The van der Waals surface area contributed by atoms with Crippen molar-refractivity contribution in [1.29, 1.82) is 5.26 Å². The van der Waals surface area contributed by atoms with Crippen molar-refractivity contribution in [3.05, 3.63) is 82.4 Å². The molecule has 1 saturated heterocycles. The number of benzene rings is 1. The van der Waals surface area contributed by atoms with Crippen LogP contribution < -0.4 is 15.8 Å². The zero-order chi connectivity index (χ0) is 25.3. The first-order chi connectivity index (χ1) is 17.4. The molecule has 4 heterocycles. The van der Waals surface area contributed by atoms with Crippen LogP contribution in [0.3, 0.4) is 0 Å². The second kappa shape index (κ2) is 9.54. The van der Waals surface area contributed by atoms with Crippen molar-refractivity contribution in [2.45, 2.75) is 6.18 Å². The van der Waals surface area contributed by atoms with Gasteiger partial charge < -0.3 is 10.2 Å². The van der Waals surface area contributed by atoms with E-state index in [1.54, 1.807) is 48.7 Å². The van der Waals surface area contributed by atoms with Gasteiger partial charge in [-0.3, -0.25) is 9.36 Å². The standard InChI is InChI=1S/C25H19F3N6OS/c26-25(27,28)20-7-6-18-22(31-16-8-9-30-21(14-16)33-10-12-36-13-11-33)19(15-29)24(35)34(23(18)32-20)17-4-2-1-3-5-17/h1-9,14H,10-13H2,(H,30,31). The van der Waals surface area contributed by atoms with Crippen molar-refractivity contribution in [2.75, 3.05) is 34.8 Å². The van der Waals surface area contributed by atoms with Crippen molar-refractivity contribution < 1.29 is 13.2 Å². The number of nitrogens with zero attached hydrogens (tertiary/aromatic N) is 5. The first-order valence-corrected chi connectivity index (χ1v) is 12.2. The Kier molecular flexibility index (Phi) is 6.28. The number of para-hydroxylation sites is 1. The normalized spacial score (nSPS) is 14.0. The fraction of sp³-hybridized carbons (Fsp3) is 0.200. The summed E-state index contributed by atoms with van der Waals surface area (Å²) in [5.74, 6) is 2.69. The smallest absolute Gasteiger partial charge is 0.355 e. The molecule has 5 rings (SSSR count). The maximum atomic E-state index is 13.5. The van der Waals surface area contributed by atoms with Gasteiger partial charge in [0.05, 0.1) is 11.4 Å². The number of fused-ring (bicyclic) bond motifs is 1. The van der Waals surface area contributed by atoms with E-state index in [2.05, 4.69) is 20.2 Å². The van der Waals surface area contributed by atoms with Crippen LogP contribution in [0.4, 0.5) is 30.4 Å². The third-order valence-corrected chi connectivity index (χ3v) is 6.73. The molecule has 1 aliphatic heterocycles. The van der Waals surface area contributed by atoms with Gasteiger partial charge in [-0.05, 0) is 30.3 Å². The zero-order valence-corrected chi connectivity index (χ0v) is 19.6. The third kappa shape index (κ3) is 4.47. The average molecular weight is 509 g/mol. The molecule has 0 spiro atoms. The molecular formula is C25H19F3N6OS. The molecule has 0 bridgehead atoms. The quantitative estimate of drug-likeness (QED) is 0.417. The Balaban J connectivity index is 1.71. The van der Waals surface area contributed by atoms with E-state index in [1.165, 1.54) is 6.07 Å². The van der Waals surface area contributed by atoms with E-state index in [-0.39, 0.29) is 22.3 Å². The van der Waals surface area contributed by atoms with Crippen molar-refractivity contribution in [3.63, 3.8) is 0 Å². The number of nitriles is 1. The van der Waals surface area contributed by atoms with Gasteiger partial charge in [-0.25, -0.2) is 9.97 Å². The minimum atomic E-state index is -4.71. The summed E-state index contributed by atoms with van der Waals surface area (Å²) in [5, 5.41) is 13.2. The van der Waals surface area contributed by atoms with Gasteiger partial charge in [-0.15, -0.1) is 0 Å². The summed E-state index contributed by atoms with van der Waals surface area (Å²) in [7, 11) is 0. The SMILES string of the molecule is N#Cc1c(Nc2ccnc(N3CCSCC3)c2)c2ccc(C(F)(F)F)nc2n(-c2ccccc2)c1=O. The highest BCUT2D eigenvalue weighted by atomic mass is 32.2. The fourth-order valence-electron chi connectivity index (χ4n) is 4.08. The van der Waals surface area contributed by atoms with E-state index in [4.69, 9.17) is 0 Å². The van der Waals surface area contributed by atoms with Crippen LogP contribution in [0.2, 0.25) is 0 Å². The van der Waals surface area contributed by atoms with Crippen LogP contribution in [-0.4, -0.2) is 39.1 Å². The largest absolute Gasteiger partial charge is 0.433 e. The van der Waals surface area contributed by atoms with Crippen LogP contribution in [-0.2, 0) is 6.18 Å². The molecule has 3 aromatic heterocycles. The molecular weight excluding hydrogens is 489 g/mol. The molecule has 1 fully saturated rings. The molecule has 1 aromatic carbocycles. The van der Waals surface area contributed by atoms with Crippen molar-refractivity contribution in [1.82, 2.24) is 14.5 Å². The summed E-state index contributed by atoms with van der Waals surface area (Å²) in [6.45, 7) is 1.68. The lowest BCUT2D eigenvalue weighted by atomic mass is 10.1. The predicted octanol–water partition coefficient (Wildman–Crippen LogP) is 4.97. The summed E-state index contributed by atoms with van der Waals surface area (Å²) < 4.78 is 41.6. The van der Waals surface area contributed by atoms with Crippen LogP contribution >= 0.6 is 11.8 Å². The maximum absolute atomic E-state index is 13.5. The highest BCUT2D eigenvalue weighted by molar-refractivity contribution is 7.99. The Morgan fingerprint density at radius 3 is 2.50 bits per heavy atom. The second-order valence-electron chi connectivity index (χ2n) is 8.03. The number of anilines is 3. The van der Waals surface area contributed by atoms with Crippen LogP contribution in [0, 0.1) is 11.3 Å². The fourth-order valence-corrected chi connectivity index (χ4v) is 4.98. The van der Waals surface area contributed by atoms with Gasteiger partial charge in [0.2, 0.25) is 0 Å². The lowest BCUT2D eigenvalue weighted by Gasteiger charge is -2.27. The summed E-state index contributed by atoms with van der Waals surface area (Å²) in [5.41, 5.74) is -1.40. The van der Waals surface area contributed by atoms with Gasteiger partial charge in [-0.1, -0.05) is 18.2 Å². The zero-order valence-electron chi connectivity index (χ0n) is 18.8. The summed E-state index contributed by atoms with van der Waals surface area (Å²) in [6, 6.07) is 15.6. The van der Waals surface area contributed by atoms with Gasteiger partial charge in [-0.2, -0.15) is 30.2 Å². The Hall–Kier alpha value is -4.04. The molecule has 1 N–H and O–H groups in total. The minimum Gasteiger partial charge on any atom is -0.355 e. The number of halogens is 3. The van der Waals surface area contributed by atoms with Gasteiger partial charge in [0.25, 0.3) is 5.56 Å². The number of aromatic nitrogens is 3. The predicted molar refractivity (Wildman–Crippen MR) is 134 cm³/mol. The molecule has 0 unspecified atom stereocenters. The van der Waals surface area contributed by atoms with E-state index in [9.17, 15) is 23.2 Å². The van der Waals surface area contributed by atoms with Crippen molar-refractivity contribution >= 4 is 40.0 Å². The van der Waals surface area contributed by atoms with Crippen molar-refractivity contribution in [3.8, 4) is 11.8 Å². The molecule has 1 aliphatic rings. The highest BCUT2D eigenvalue weighted by Gasteiger charge is 2.33. The summed E-state index contributed by atoms with van der Waals surface area (Å²) in [4.78, 5) is 23.8. The first kappa shape index (κ1) is 23.7. The Morgan fingerprint density at radius 2 is 1.81 bits per heavy atom. The average Bonchev–Trinajstić information content (AvgIpc) is 2.89. The molecule has 0 saturated carbocycles. The second-order valence-corrected chi connectivity index (χ2v) is 9.26. The summed E-state index contributed by atoms with van der Waals surface area (Å²) >= 11 is 1.87. The molecule has 36 heavy (non-hydrogen) atoms. The Labute approximate surface area is 208 Å². The van der Waals surface area contributed by atoms with Gasteiger partial charge in [0.15, 0.2) is 0 Å². The summed E-state index contributed by atoms with van der Waals surface area (Å²) in [6.07, 6.45) is -3.10. The number of hydrogen-bond acceptors (Lipinski definition) is 7. The van der Waals surface area contributed by atoms with Crippen LogP contribution in [0.15, 0.2) is 65.6 Å². The molecule has 7 nitrogen and oxygen atoms in total. The van der Waals surface area contributed by atoms with E-state index < -0.39 is 17.4 Å². The number of rotatable bonds is 4. The van der Waals surface area contributed by atoms with E-state index in [0.29, 0.717) is 11.4 Å². The van der Waals surface area contributed by atoms with Crippen molar-refractivity contribution in [2.24, 2.45) is 0 Å². The molecule has 0 aliphatic carbocycles. The lowest BCUT2D eigenvalue weighted by molar-refractivity contribution is -0.141. The topological polar surface area (TPSA) is 86.8 Å². The molecule has 182 valence electrons.